The van der Waals surface area contributed by atoms with Gasteiger partial charge in [0, 0.05) is 16.7 Å². The van der Waals surface area contributed by atoms with E-state index in [1.165, 1.54) is 0 Å². The number of ether oxygens (including phenoxy) is 1. The van der Waals surface area contributed by atoms with E-state index in [9.17, 15) is 4.79 Å². The first-order valence-corrected chi connectivity index (χ1v) is 8.41. The molecular weight excluding hydrogens is 380 g/mol. The smallest absolute Gasteiger partial charge is 0.319 e. The number of carbonyl (C=O) groups is 1. The summed E-state index contributed by atoms with van der Waals surface area (Å²) in [6, 6.07) is 12.9. The second-order valence-corrected chi connectivity index (χ2v) is 6.35. The third kappa shape index (κ3) is 6.12. The summed E-state index contributed by atoms with van der Waals surface area (Å²) in [4.78, 5) is 11.8. The Balaban J connectivity index is 1.66. The van der Waals surface area contributed by atoms with Gasteiger partial charge in [-0.05, 0) is 49.2 Å². The maximum atomic E-state index is 11.8. The summed E-state index contributed by atoms with van der Waals surface area (Å²) in [5.41, 5.74) is 1.88. The van der Waals surface area contributed by atoms with E-state index in [0.717, 1.165) is 15.7 Å². The Bertz CT molecular complexity index is 679. The second kappa shape index (κ2) is 8.79. The summed E-state index contributed by atoms with van der Waals surface area (Å²) in [5, 5.41) is 6.14. The lowest BCUT2D eigenvalue weighted by Crippen LogP contribution is -2.30. The predicted octanol–water partition coefficient (Wildman–Crippen LogP) is 5.00. The van der Waals surface area contributed by atoms with Crippen molar-refractivity contribution in [1.82, 2.24) is 5.32 Å². The molecule has 2 N–H and O–H groups in total. The Hall–Kier alpha value is -1.72. The molecule has 0 unspecified atom stereocenters. The first-order valence-electron chi connectivity index (χ1n) is 7.24. The first-order chi connectivity index (χ1) is 11.0. The molecule has 0 fully saturated rings. The highest BCUT2D eigenvalue weighted by molar-refractivity contribution is 9.10. The first kappa shape index (κ1) is 17.6. The highest BCUT2D eigenvalue weighted by Gasteiger charge is 2.03. The second-order valence-electron chi connectivity index (χ2n) is 5.03. The van der Waals surface area contributed by atoms with Gasteiger partial charge in [0.15, 0.2) is 0 Å². The summed E-state index contributed by atoms with van der Waals surface area (Å²) >= 11 is 9.40. The molecule has 0 spiro atoms. The van der Waals surface area contributed by atoms with Crippen LogP contribution >= 0.6 is 27.5 Å². The number of amides is 2. The molecule has 0 aliphatic heterocycles. The summed E-state index contributed by atoms with van der Waals surface area (Å²) in [6.45, 7) is 2.98. The van der Waals surface area contributed by atoms with Gasteiger partial charge in [-0.25, -0.2) is 4.79 Å². The molecule has 6 heteroatoms. The van der Waals surface area contributed by atoms with Gasteiger partial charge in [0.2, 0.25) is 0 Å². The van der Waals surface area contributed by atoms with Crippen molar-refractivity contribution in [2.24, 2.45) is 0 Å². The molecular formula is C17H18BrClN2O2. The zero-order valence-corrected chi connectivity index (χ0v) is 15.1. The van der Waals surface area contributed by atoms with Crippen LogP contribution in [0.3, 0.4) is 0 Å². The van der Waals surface area contributed by atoms with Gasteiger partial charge >= 0.3 is 6.03 Å². The molecule has 0 heterocycles. The highest BCUT2D eigenvalue weighted by atomic mass is 79.9. The number of benzene rings is 2. The Labute approximate surface area is 149 Å². The number of hydrogen-bond acceptors (Lipinski definition) is 2. The van der Waals surface area contributed by atoms with Gasteiger partial charge in [0.1, 0.15) is 5.75 Å². The Morgan fingerprint density at radius 3 is 2.83 bits per heavy atom. The Kier molecular flexibility index (Phi) is 6.74. The van der Waals surface area contributed by atoms with E-state index < -0.39 is 0 Å². The number of halogens is 2. The van der Waals surface area contributed by atoms with Crippen molar-refractivity contribution in [2.75, 3.05) is 18.5 Å². The molecule has 2 rings (SSSR count). The van der Waals surface area contributed by atoms with Crippen molar-refractivity contribution in [3.63, 3.8) is 0 Å². The van der Waals surface area contributed by atoms with Crippen molar-refractivity contribution in [1.29, 1.82) is 0 Å². The van der Waals surface area contributed by atoms with E-state index >= 15 is 0 Å². The average molecular weight is 398 g/mol. The molecule has 122 valence electrons. The Morgan fingerprint density at radius 1 is 1.26 bits per heavy atom. The van der Waals surface area contributed by atoms with Crippen LogP contribution in [0.1, 0.15) is 12.0 Å². The van der Waals surface area contributed by atoms with Crippen LogP contribution in [0.2, 0.25) is 5.02 Å². The van der Waals surface area contributed by atoms with E-state index in [-0.39, 0.29) is 6.03 Å². The van der Waals surface area contributed by atoms with Gasteiger partial charge < -0.3 is 15.4 Å². The lowest BCUT2D eigenvalue weighted by molar-refractivity contribution is 0.250. The zero-order valence-electron chi connectivity index (χ0n) is 12.7. The SMILES string of the molecule is Cc1cccc(NC(=O)NCCCOc2ccc(Br)cc2Cl)c1. The molecule has 2 amide bonds. The number of anilines is 1. The molecule has 2 aromatic carbocycles. The number of aryl methyl sites for hydroxylation is 1. The molecule has 0 atom stereocenters. The molecule has 0 aromatic heterocycles. The van der Waals surface area contributed by atoms with Crippen LogP contribution in [0.25, 0.3) is 0 Å². The lowest BCUT2D eigenvalue weighted by Gasteiger charge is -2.10. The monoisotopic (exact) mass is 396 g/mol. The van der Waals surface area contributed by atoms with Crippen molar-refractivity contribution in [2.45, 2.75) is 13.3 Å². The predicted molar refractivity (Wildman–Crippen MR) is 97.5 cm³/mol. The molecule has 23 heavy (non-hydrogen) atoms. The molecule has 0 aliphatic carbocycles. The molecule has 0 saturated heterocycles. The normalized spacial score (nSPS) is 10.2. The number of rotatable bonds is 6. The quantitative estimate of drug-likeness (QED) is 0.674. The number of hydrogen-bond donors (Lipinski definition) is 2. The number of nitrogens with one attached hydrogen (secondary N) is 2. The number of carbonyl (C=O) groups excluding carboxylic acids is 1. The third-order valence-electron chi connectivity index (χ3n) is 3.03. The maximum absolute atomic E-state index is 11.8. The van der Waals surface area contributed by atoms with Gasteiger partial charge in [-0.15, -0.1) is 0 Å². The zero-order chi connectivity index (χ0) is 16.7. The van der Waals surface area contributed by atoms with E-state index in [0.29, 0.717) is 30.3 Å². The fourth-order valence-electron chi connectivity index (χ4n) is 1.95. The third-order valence-corrected chi connectivity index (χ3v) is 3.82. The number of urea groups is 1. The van der Waals surface area contributed by atoms with Crippen LogP contribution in [-0.4, -0.2) is 19.2 Å². The highest BCUT2D eigenvalue weighted by Crippen LogP contribution is 2.27. The van der Waals surface area contributed by atoms with Gasteiger partial charge in [-0.2, -0.15) is 0 Å². The standard InChI is InChI=1S/C17H18BrClN2O2/c1-12-4-2-5-14(10-12)21-17(22)20-8-3-9-23-16-7-6-13(18)11-15(16)19/h2,4-7,10-11H,3,8-9H2,1H3,(H2,20,21,22). The van der Waals surface area contributed by atoms with Crippen LogP contribution in [0.5, 0.6) is 5.75 Å². The van der Waals surface area contributed by atoms with Crippen LogP contribution in [0, 0.1) is 6.92 Å². The minimum atomic E-state index is -0.225. The topological polar surface area (TPSA) is 50.4 Å². The van der Waals surface area contributed by atoms with Gasteiger partial charge in [-0.3, -0.25) is 0 Å². The van der Waals surface area contributed by atoms with Crippen LogP contribution in [0.15, 0.2) is 46.9 Å². The van der Waals surface area contributed by atoms with E-state index in [1.807, 2.05) is 43.3 Å². The lowest BCUT2D eigenvalue weighted by atomic mass is 10.2. The average Bonchev–Trinajstić information content (AvgIpc) is 2.49. The fraction of sp³-hybridized carbons (Fsp3) is 0.235. The summed E-state index contributed by atoms with van der Waals surface area (Å²) in [6.07, 6.45) is 0.688. The molecule has 0 aliphatic rings. The Morgan fingerprint density at radius 2 is 2.09 bits per heavy atom. The summed E-state index contributed by atoms with van der Waals surface area (Å²) in [5.74, 6) is 0.638. The van der Waals surface area contributed by atoms with E-state index in [2.05, 4.69) is 26.6 Å². The summed E-state index contributed by atoms with van der Waals surface area (Å²) in [7, 11) is 0. The summed E-state index contributed by atoms with van der Waals surface area (Å²) < 4.78 is 6.49. The van der Waals surface area contributed by atoms with Gasteiger partial charge in [0.05, 0.1) is 11.6 Å². The van der Waals surface area contributed by atoms with Gasteiger partial charge in [0.25, 0.3) is 0 Å². The van der Waals surface area contributed by atoms with Gasteiger partial charge in [-0.1, -0.05) is 39.7 Å². The van der Waals surface area contributed by atoms with E-state index in [1.54, 1.807) is 6.07 Å². The maximum Gasteiger partial charge on any atom is 0.319 e. The van der Waals surface area contributed by atoms with Crippen molar-refractivity contribution in [3.05, 3.63) is 57.5 Å². The van der Waals surface area contributed by atoms with E-state index in [4.69, 9.17) is 16.3 Å². The minimum Gasteiger partial charge on any atom is -0.492 e. The van der Waals surface area contributed by atoms with Crippen LogP contribution in [0.4, 0.5) is 10.5 Å². The van der Waals surface area contributed by atoms with Crippen LogP contribution in [-0.2, 0) is 0 Å². The molecule has 0 saturated carbocycles. The molecule has 2 aromatic rings. The van der Waals surface area contributed by atoms with Crippen molar-refractivity contribution < 1.29 is 9.53 Å². The fourth-order valence-corrected chi connectivity index (χ4v) is 2.67. The largest absolute Gasteiger partial charge is 0.492 e. The molecule has 0 radical (unpaired) electrons. The molecule has 4 nitrogen and oxygen atoms in total. The van der Waals surface area contributed by atoms with Crippen molar-refractivity contribution in [3.8, 4) is 5.75 Å². The van der Waals surface area contributed by atoms with Crippen molar-refractivity contribution >= 4 is 39.2 Å². The molecule has 0 bridgehead atoms. The minimum absolute atomic E-state index is 0.225. The van der Waals surface area contributed by atoms with Crippen LogP contribution < -0.4 is 15.4 Å².